The van der Waals surface area contributed by atoms with Crippen LogP contribution < -0.4 is 10.2 Å². The third-order valence-electron chi connectivity index (χ3n) is 3.76. The molecule has 0 saturated carbocycles. The van der Waals surface area contributed by atoms with E-state index in [0.29, 0.717) is 6.54 Å². The molecule has 3 atom stereocenters. The molecule has 1 amide bonds. The zero-order valence-corrected chi connectivity index (χ0v) is 11.8. The Hall–Kier alpha value is -1.69. The molecule has 6 heteroatoms. The minimum absolute atomic E-state index is 0.0590. The molecule has 2 aliphatic rings. The maximum atomic E-state index is 12.2. The quantitative estimate of drug-likeness (QED) is 0.875. The lowest BCUT2D eigenvalue weighted by Gasteiger charge is -2.32. The Balaban J connectivity index is 1.69. The smallest absolute Gasteiger partial charge is 0.226 e. The molecule has 2 bridgehead atoms. The summed E-state index contributed by atoms with van der Waals surface area (Å²) in [6.07, 6.45) is 4.30. The van der Waals surface area contributed by atoms with Crippen LogP contribution in [0.25, 0.3) is 0 Å². The van der Waals surface area contributed by atoms with Crippen LogP contribution in [0.2, 0.25) is 0 Å². The molecule has 2 fully saturated rings. The van der Waals surface area contributed by atoms with Crippen molar-refractivity contribution in [3.63, 3.8) is 0 Å². The average molecular weight is 276 g/mol. The molecule has 6 nitrogen and oxygen atoms in total. The summed E-state index contributed by atoms with van der Waals surface area (Å²) in [7, 11) is 0. The van der Waals surface area contributed by atoms with E-state index in [9.17, 15) is 4.79 Å². The first kappa shape index (κ1) is 13.3. The third kappa shape index (κ3) is 2.60. The van der Waals surface area contributed by atoms with Gasteiger partial charge in [0.25, 0.3) is 0 Å². The first-order chi connectivity index (χ1) is 9.63. The molecule has 0 unspecified atom stereocenters. The number of carbonyl (C=O) groups is 1. The van der Waals surface area contributed by atoms with Crippen molar-refractivity contribution < 1.29 is 9.53 Å². The molecule has 1 N–H and O–H groups in total. The van der Waals surface area contributed by atoms with Gasteiger partial charge in [-0.15, -0.1) is 0 Å². The summed E-state index contributed by atoms with van der Waals surface area (Å²) < 4.78 is 5.91. The van der Waals surface area contributed by atoms with Gasteiger partial charge in [-0.05, 0) is 26.3 Å². The van der Waals surface area contributed by atoms with Crippen molar-refractivity contribution in [3.8, 4) is 0 Å². The number of ether oxygens (including phenoxy) is 1. The highest BCUT2D eigenvalue weighted by atomic mass is 16.5. The Morgan fingerprint density at radius 3 is 2.85 bits per heavy atom. The van der Waals surface area contributed by atoms with E-state index in [1.807, 2.05) is 13.8 Å². The van der Waals surface area contributed by atoms with E-state index < -0.39 is 0 Å². The van der Waals surface area contributed by atoms with E-state index >= 15 is 0 Å². The highest BCUT2D eigenvalue weighted by molar-refractivity contribution is 5.80. The number of carbonyl (C=O) groups excluding carboxylic acids is 1. The first-order valence-corrected chi connectivity index (χ1v) is 7.11. The largest absolute Gasteiger partial charge is 0.370 e. The lowest BCUT2D eigenvalue weighted by Crippen LogP contribution is -2.46. The number of anilines is 1. The van der Waals surface area contributed by atoms with Crippen molar-refractivity contribution in [2.75, 3.05) is 18.0 Å². The molecule has 0 spiro atoms. The van der Waals surface area contributed by atoms with Crippen LogP contribution in [-0.2, 0) is 9.53 Å². The molecule has 2 saturated heterocycles. The Morgan fingerprint density at radius 1 is 1.40 bits per heavy atom. The summed E-state index contributed by atoms with van der Waals surface area (Å²) in [4.78, 5) is 22.9. The van der Waals surface area contributed by atoms with Crippen LogP contribution >= 0.6 is 0 Å². The minimum atomic E-state index is -0.0592. The number of fused-ring (bicyclic) bond motifs is 2. The molecule has 2 aliphatic heterocycles. The Kier molecular flexibility index (Phi) is 3.56. The van der Waals surface area contributed by atoms with E-state index in [1.54, 1.807) is 18.5 Å². The van der Waals surface area contributed by atoms with Gasteiger partial charge in [-0.2, -0.15) is 0 Å². The van der Waals surface area contributed by atoms with Gasteiger partial charge >= 0.3 is 0 Å². The van der Waals surface area contributed by atoms with E-state index in [2.05, 4.69) is 20.2 Å². The number of rotatable bonds is 3. The van der Waals surface area contributed by atoms with Crippen molar-refractivity contribution in [2.45, 2.75) is 38.5 Å². The van der Waals surface area contributed by atoms with Crippen LogP contribution in [0.15, 0.2) is 18.5 Å². The van der Waals surface area contributed by atoms with E-state index in [1.165, 1.54) is 0 Å². The topological polar surface area (TPSA) is 67.4 Å². The molecule has 3 rings (SSSR count). The molecule has 0 radical (unpaired) electrons. The summed E-state index contributed by atoms with van der Waals surface area (Å²) >= 11 is 0. The molecule has 1 aromatic rings. The monoisotopic (exact) mass is 276 g/mol. The molecule has 3 heterocycles. The highest BCUT2D eigenvalue weighted by Gasteiger charge is 2.45. The predicted molar refractivity (Wildman–Crippen MR) is 74.3 cm³/mol. The lowest BCUT2D eigenvalue weighted by atomic mass is 9.99. The minimum Gasteiger partial charge on any atom is -0.370 e. The molecule has 1 aromatic heterocycles. The second-order valence-electron chi connectivity index (χ2n) is 5.76. The average Bonchev–Trinajstić information content (AvgIpc) is 2.73. The fraction of sp³-hybridized carbons (Fsp3) is 0.643. The SMILES string of the molecule is CC(C)NC(=O)[C@H]1C[C@@H]2CN(c3ncccn3)C[C@H]1O2. The van der Waals surface area contributed by atoms with Crippen LogP contribution in [0.1, 0.15) is 20.3 Å². The maximum absolute atomic E-state index is 12.2. The second-order valence-corrected chi connectivity index (χ2v) is 5.76. The number of aromatic nitrogens is 2. The fourth-order valence-corrected chi connectivity index (χ4v) is 2.94. The van der Waals surface area contributed by atoms with Gasteiger partial charge in [0.1, 0.15) is 0 Å². The van der Waals surface area contributed by atoms with Gasteiger partial charge in [0.2, 0.25) is 11.9 Å². The maximum Gasteiger partial charge on any atom is 0.226 e. The standard InChI is InChI=1S/C14H20N4O2/c1-9(2)17-13(19)11-6-10-7-18(8-12(11)20-10)14-15-4-3-5-16-14/h3-5,9-12H,6-8H2,1-2H3,(H,17,19)/t10-,11+,12-/m1/s1. The van der Waals surface area contributed by atoms with Gasteiger partial charge in [0, 0.05) is 31.5 Å². The zero-order valence-electron chi connectivity index (χ0n) is 11.8. The van der Waals surface area contributed by atoms with Crippen LogP contribution in [0.3, 0.4) is 0 Å². The third-order valence-corrected chi connectivity index (χ3v) is 3.76. The zero-order chi connectivity index (χ0) is 14.1. The normalized spacial score (nSPS) is 28.8. The second kappa shape index (κ2) is 5.36. The number of amides is 1. The number of hydrogen-bond acceptors (Lipinski definition) is 5. The number of morpholine rings is 1. The van der Waals surface area contributed by atoms with Gasteiger partial charge in [0.05, 0.1) is 18.1 Å². The van der Waals surface area contributed by atoms with Crippen molar-refractivity contribution >= 4 is 11.9 Å². The van der Waals surface area contributed by atoms with E-state index in [0.717, 1.165) is 18.9 Å². The molecule has 0 aromatic carbocycles. The summed E-state index contributed by atoms with van der Waals surface area (Å²) in [5.41, 5.74) is 0. The van der Waals surface area contributed by atoms with Crippen LogP contribution in [-0.4, -0.2) is 47.2 Å². The van der Waals surface area contributed by atoms with Crippen LogP contribution in [0.5, 0.6) is 0 Å². The summed E-state index contributed by atoms with van der Waals surface area (Å²) in [6, 6.07) is 1.97. The summed E-state index contributed by atoms with van der Waals surface area (Å²) in [6.45, 7) is 5.39. The van der Waals surface area contributed by atoms with Gasteiger partial charge in [0.15, 0.2) is 0 Å². The Morgan fingerprint density at radius 2 is 2.15 bits per heavy atom. The number of nitrogens with zero attached hydrogens (tertiary/aromatic N) is 3. The van der Waals surface area contributed by atoms with Crippen molar-refractivity contribution in [1.29, 1.82) is 0 Å². The summed E-state index contributed by atoms with van der Waals surface area (Å²) in [5, 5.41) is 2.98. The Labute approximate surface area is 118 Å². The van der Waals surface area contributed by atoms with Gasteiger partial charge in [-0.1, -0.05) is 0 Å². The number of nitrogens with one attached hydrogen (secondary N) is 1. The lowest BCUT2D eigenvalue weighted by molar-refractivity contribution is -0.127. The Bertz CT molecular complexity index is 479. The fourth-order valence-electron chi connectivity index (χ4n) is 2.94. The number of hydrogen-bond donors (Lipinski definition) is 1. The molecule has 108 valence electrons. The summed E-state index contributed by atoms with van der Waals surface area (Å²) in [5.74, 6) is 0.759. The molecule has 20 heavy (non-hydrogen) atoms. The predicted octanol–water partition coefficient (Wildman–Crippen LogP) is 0.595. The molecule has 0 aliphatic carbocycles. The van der Waals surface area contributed by atoms with Crippen molar-refractivity contribution in [3.05, 3.63) is 18.5 Å². The first-order valence-electron chi connectivity index (χ1n) is 7.11. The van der Waals surface area contributed by atoms with Gasteiger partial charge < -0.3 is 15.0 Å². The highest BCUT2D eigenvalue weighted by Crippen LogP contribution is 2.33. The van der Waals surface area contributed by atoms with Crippen LogP contribution in [0, 0.1) is 5.92 Å². The van der Waals surface area contributed by atoms with E-state index in [-0.39, 0.29) is 30.1 Å². The molecular weight excluding hydrogens is 256 g/mol. The van der Waals surface area contributed by atoms with Crippen molar-refractivity contribution in [2.24, 2.45) is 5.92 Å². The van der Waals surface area contributed by atoms with E-state index in [4.69, 9.17) is 4.74 Å². The van der Waals surface area contributed by atoms with Crippen molar-refractivity contribution in [1.82, 2.24) is 15.3 Å². The van der Waals surface area contributed by atoms with Gasteiger partial charge in [-0.3, -0.25) is 4.79 Å². The molecular formula is C14H20N4O2. The van der Waals surface area contributed by atoms with Crippen LogP contribution in [0.4, 0.5) is 5.95 Å². The van der Waals surface area contributed by atoms with Gasteiger partial charge in [-0.25, -0.2) is 9.97 Å².